The smallest absolute Gasteiger partial charge is 0.248 e. The van der Waals surface area contributed by atoms with Crippen molar-refractivity contribution in [3.8, 4) is 10.6 Å². The number of nitrogens with zero attached hydrogens (tertiary/aromatic N) is 4. The summed E-state index contributed by atoms with van der Waals surface area (Å²) in [6, 6.07) is 6.10. The van der Waals surface area contributed by atoms with Crippen molar-refractivity contribution >= 4 is 11.3 Å². The molecule has 3 aromatic rings. The van der Waals surface area contributed by atoms with E-state index in [-0.39, 0.29) is 0 Å². The van der Waals surface area contributed by atoms with E-state index in [4.69, 9.17) is 4.52 Å². The second kappa shape index (κ2) is 4.31. The molecular formula is C13H12N4OS. The molecule has 0 atom stereocenters. The van der Waals surface area contributed by atoms with Gasteiger partial charge in [0, 0.05) is 12.1 Å². The van der Waals surface area contributed by atoms with Gasteiger partial charge in [0.15, 0.2) is 5.82 Å². The normalized spacial score (nSPS) is 14.9. The Kier molecular flexibility index (Phi) is 2.48. The lowest BCUT2D eigenvalue weighted by Crippen LogP contribution is -2.00. The highest BCUT2D eigenvalue weighted by molar-refractivity contribution is 7.13. The van der Waals surface area contributed by atoms with E-state index in [0.29, 0.717) is 18.4 Å². The molecule has 1 aliphatic rings. The summed E-state index contributed by atoms with van der Waals surface area (Å²) in [6.45, 7) is 0.533. The molecule has 0 spiro atoms. The summed E-state index contributed by atoms with van der Waals surface area (Å²) in [5.74, 6) is 2.00. The van der Waals surface area contributed by atoms with Crippen LogP contribution >= 0.6 is 11.3 Å². The second-order valence-electron chi connectivity index (χ2n) is 4.70. The minimum absolute atomic E-state index is 0.525. The zero-order valence-electron chi connectivity index (χ0n) is 10.2. The molecule has 0 N–H and O–H groups in total. The minimum Gasteiger partial charge on any atom is -0.337 e. The summed E-state index contributed by atoms with van der Waals surface area (Å²) in [4.78, 5) is 5.57. The van der Waals surface area contributed by atoms with Crippen LogP contribution in [0.1, 0.15) is 30.5 Å². The lowest BCUT2D eigenvalue weighted by molar-refractivity contribution is 0.361. The fourth-order valence-electron chi connectivity index (χ4n) is 1.98. The largest absolute Gasteiger partial charge is 0.337 e. The third-order valence-corrected chi connectivity index (χ3v) is 4.03. The zero-order valence-corrected chi connectivity index (χ0v) is 11.0. The van der Waals surface area contributed by atoms with E-state index in [9.17, 15) is 0 Å². The molecule has 3 aromatic heterocycles. The number of hydrogen-bond donors (Lipinski definition) is 0. The molecule has 5 nitrogen and oxygen atoms in total. The molecule has 4 rings (SSSR count). The summed E-state index contributed by atoms with van der Waals surface area (Å²) in [5.41, 5.74) is 0.983. The standard InChI is InChI=1S/C13H12N4OS/c1-2-11(19-7-1)10-5-6-17(15-10)8-12-14-13(16-18-12)9-3-4-9/h1-2,5-7,9H,3-4,8H2. The predicted molar refractivity (Wildman–Crippen MR) is 70.9 cm³/mol. The molecule has 0 saturated heterocycles. The molecule has 96 valence electrons. The quantitative estimate of drug-likeness (QED) is 0.732. The van der Waals surface area contributed by atoms with E-state index in [1.54, 1.807) is 11.3 Å². The van der Waals surface area contributed by atoms with Crippen LogP contribution in [-0.2, 0) is 6.54 Å². The Balaban J connectivity index is 1.52. The molecule has 0 aliphatic heterocycles. The van der Waals surface area contributed by atoms with Gasteiger partial charge in [-0.1, -0.05) is 11.2 Å². The van der Waals surface area contributed by atoms with Gasteiger partial charge in [-0.15, -0.1) is 11.3 Å². The van der Waals surface area contributed by atoms with Crippen molar-refractivity contribution in [2.24, 2.45) is 0 Å². The van der Waals surface area contributed by atoms with Crippen molar-refractivity contribution < 1.29 is 4.52 Å². The van der Waals surface area contributed by atoms with E-state index in [1.165, 1.54) is 17.7 Å². The Morgan fingerprint density at radius 2 is 2.32 bits per heavy atom. The minimum atomic E-state index is 0.525. The van der Waals surface area contributed by atoms with Gasteiger partial charge in [-0.3, -0.25) is 4.68 Å². The maximum atomic E-state index is 5.25. The van der Waals surface area contributed by atoms with Crippen LogP contribution in [0.5, 0.6) is 0 Å². The molecule has 1 fully saturated rings. The highest BCUT2D eigenvalue weighted by Crippen LogP contribution is 2.38. The van der Waals surface area contributed by atoms with Gasteiger partial charge < -0.3 is 4.52 Å². The topological polar surface area (TPSA) is 56.7 Å². The van der Waals surface area contributed by atoms with E-state index in [0.717, 1.165) is 11.5 Å². The van der Waals surface area contributed by atoms with Crippen LogP contribution in [0.2, 0.25) is 0 Å². The Morgan fingerprint density at radius 1 is 1.37 bits per heavy atom. The van der Waals surface area contributed by atoms with Crippen LogP contribution in [0.3, 0.4) is 0 Å². The Labute approximate surface area is 113 Å². The fourth-order valence-corrected chi connectivity index (χ4v) is 2.67. The molecule has 0 unspecified atom stereocenters. The SMILES string of the molecule is c1csc(-c2ccn(Cc3nc(C4CC4)no3)n2)c1. The van der Waals surface area contributed by atoms with Crippen molar-refractivity contribution in [2.75, 3.05) is 0 Å². The van der Waals surface area contributed by atoms with Gasteiger partial charge >= 0.3 is 0 Å². The number of hydrogen-bond acceptors (Lipinski definition) is 5. The maximum Gasteiger partial charge on any atom is 0.248 e. The summed E-state index contributed by atoms with van der Waals surface area (Å²) < 4.78 is 7.08. The first kappa shape index (κ1) is 10.9. The third-order valence-electron chi connectivity index (χ3n) is 3.14. The van der Waals surface area contributed by atoms with Crippen molar-refractivity contribution in [2.45, 2.75) is 25.3 Å². The molecule has 3 heterocycles. The first-order valence-electron chi connectivity index (χ1n) is 6.28. The molecule has 0 bridgehead atoms. The van der Waals surface area contributed by atoms with E-state index in [1.807, 2.05) is 28.4 Å². The number of thiophene rings is 1. The Bertz CT molecular complexity index is 681. The van der Waals surface area contributed by atoms with Gasteiger partial charge in [-0.25, -0.2) is 0 Å². The fraction of sp³-hybridized carbons (Fsp3) is 0.308. The van der Waals surface area contributed by atoms with E-state index < -0.39 is 0 Å². The molecule has 0 radical (unpaired) electrons. The van der Waals surface area contributed by atoms with E-state index >= 15 is 0 Å². The Hall–Kier alpha value is -1.95. The third kappa shape index (κ3) is 2.19. The van der Waals surface area contributed by atoms with Crippen LogP contribution < -0.4 is 0 Å². The highest BCUT2D eigenvalue weighted by Gasteiger charge is 2.28. The number of rotatable bonds is 4. The summed E-state index contributed by atoms with van der Waals surface area (Å²) in [6.07, 6.45) is 4.31. The molecular weight excluding hydrogens is 260 g/mol. The van der Waals surface area contributed by atoms with Crippen LogP contribution in [0, 0.1) is 0 Å². The molecule has 6 heteroatoms. The van der Waals surface area contributed by atoms with E-state index in [2.05, 4.69) is 21.3 Å². The first-order valence-corrected chi connectivity index (χ1v) is 7.16. The summed E-state index contributed by atoms with van der Waals surface area (Å²) >= 11 is 1.68. The zero-order chi connectivity index (χ0) is 12.7. The lowest BCUT2D eigenvalue weighted by atomic mass is 10.3. The van der Waals surface area contributed by atoms with Crippen LogP contribution in [0.15, 0.2) is 34.3 Å². The highest BCUT2D eigenvalue weighted by atomic mass is 32.1. The molecule has 0 amide bonds. The summed E-state index contributed by atoms with van der Waals surface area (Å²) in [7, 11) is 0. The van der Waals surface area contributed by atoms with Crippen LogP contribution in [0.25, 0.3) is 10.6 Å². The van der Waals surface area contributed by atoms with Gasteiger partial charge in [0.2, 0.25) is 5.89 Å². The van der Waals surface area contributed by atoms with Gasteiger partial charge in [0.05, 0.1) is 4.88 Å². The lowest BCUT2D eigenvalue weighted by Gasteiger charge is -1.94. The van der Waals surface area contributed by atoms with Gasteiger partial charge in [-0.05, 0) is 30.4 Å². The van der Waals surface area contributed by atoms with Crippen molar-refractivity contribution in [3.05, 3.63) is 41.5 Å². The molecule has 19 heavy (non-hydrogen) atoms. The van der Waals surface area contributed by atoms with Crippen LogP contribution in [0.4, 0.5) is 0 Å². The average Bonchev–Trinajstić information content (AvgIpc) is 2.90. The summed E-state index contributed by atoms with van der Waals surface area (Å²) in [5, 5.41) is 10.6. The molecule has 1 aliphatic carbocycles. The Morgan fingerprint density at radius 3 is 3.11 bits per heavy atom. The molecule has 0 aromatic carbocycles. The number of aromatic nitrogens is 4. The van der Waals surface area contributed by atoms with Crippen LogP contribution in [-0.4, -0.2) is 19.9 Å². The van der Waals surface area contributed by atoms with Crippen molar-refractivity contribution in [1.29, 1.82) is 0 Å². The van der Waals surface area contributed by atoms with Gasteiger partial charge in [0.25, 0.3) is 0 Å². The van der Waals surface area contributed by atoms with Gasteiger partial charge in [-0.2, -0.15) is 10.1 Å². The van der Waals surface area contributed by atoms with Crippen molar-refractivity contribution in [3.63, 3.8) is 0 Å². The maximum absolute atomic E-state index is 5.25. The predicted octanol–water partition coefficient (Wildman–Crippen LogP) is 2.92. The first-order chi connectivity index (χ1) is 9.38. The monoisotopic (exact) mass is 272 g/mol. The van der Waals surface area contributed by atoms with Crippen molar-refractivity contribution in [1.82, 2.24) is 19.9 Å². The molecule has 1 saturated carbocycles. The average molecular weight is 272 g/mol. The second-order valence-corrected chi connectivity index (χ2v) is 5.64. The van der Waals surface area contributed by atoms with Gasteiger partial charge in [0.1, 0.15) is 12.2 Å².